The lowest BCUT2D eigenvalue weighted by molar-refractivity contribution is 0.159. The fourth-order valence-corrected chi connectivity index (χ4v) is 2.02. The minimum Gasteiger partial charge on any atom is -0.303 e. The molecule has 0 radical (unpaired) electrons. The van der Waals surface area contributed by atoms with E-state index in [4.69, 9.17) is 0 Å². The first kappa shape index (κ1) is 14.5. The summed E-state index contributed by atoms with van der Waals surface area (Å²) in [4.78, 5) is 2.32. The average molecular weight is 319 g/mol. The summed E-state index contributed by atoms with van der Waals surface area (Å²) in [6.45, 7) is 4.20. The van der Waals surface area contributed by atoms with Crippen molar-refractivity contribution in [2.24, 2.45) is 5.10 Å². The van der Waals surface area contributed by atoms with Gasteiger partial charge in [0.2, 0.25) is 0 Å². The lowest BCUT2D eigenvalue weighted by Crippen LogP contribution is -2.41. The van der Waals surface area contributed by atoms with Crippen molar-refractivity contribution in [2.75, 3.05) is 33.2 Å². The third kappa shape index (κ3) is 4.30. The highest BCUT2D eigenvalue weighted by Gasteiger charge is 2.10. The monoisotopic (exact) mass is 317 g/mol. The lowest BCUT2D eigenvalue weighted by atomic mass is 10.2. The van der Waals surface area contributed by atoms with E-state index >= 15 is 0 Å². The van der Waals surface area contributed by atoms with Gasteiger partial charge in [-0.15, -0.1) is 12.4 Å². The van der Waals surface area contributed by atoms with E-state index in [1.807, 2.05) is 24.4 Å². The number of piperazine rings is 1. The minimum atomic E-state index is 0. The lowest BCUT2D eigenvalue weighted by Gasteiger charge is -2.30. The van der Waals surface area contributed by atoms with Gasteiger partial charge in [0.25, 0.3) is 0 Å². The van der Waals surface area contributed by atoms with E-state index in [9.17, 15) is 0 Å². The first-order valence-electron chi connectivity index (χ1n) is 5.48. The van der Waals surface area contributed by atoms with Gasteiger partial charge in [-0.3, -0.25) is 5.01 Å². The van der Waals surface area contributed by atoms with E-state index in [2.05, 4.69) is 44.1 Å². The Balaban J connectivity index is 0.00000144. The Labute approximate surface area is 117 Å². The standard InChI is InChI=1S/C12H16BrN3.ClH/c1-15-6-8-16(9-7-15)14-10-11-4-2-3-5-12(11)13;/h2-5,10H,6-9H2,1H3;1H/b14-10+;. The van der Waals surface area contributed by atoms with Gasteiger partial charge in [-0.1, -0.05) is 34.1 Å². The molecule has 0 unspecified atom stereocenters. The predicted molar refractivity (Wildman–Crippen MR) is 78.1 cm³/mol. The molecule has 0 N–H and O–H groups in total. The maximum Gasteiger partial charge on any atom is 0.0554 e. The van der Waals surface area contributed by atoms with Crippen molar-refractivity contribution in [2.45, 2.75) is 0 Å². The van der Waals surface area contributed by atoms with Gasteiger partial charge >= 0.3 is 0 Å². The molecule has 1 saturated heterocycles. The normalized spacial score (nSPS) is 17.2. The molecular weight excluding hydrogens is 302 g/mol. The molecular formula is C12H17BrClN3. The van der Waals surface area contributed by atoms with Gasteiger partial charge in [0.05, 0.1) is 6.21 Å². The van der Waals surface area contributed by atoms with Crippen LogP contribution in [0, 0.1) is 0 Å². The average Bonchev–Trinajstić information content (AvgIpc) is 2.30. The zero-order valence-electron chi connectivity index (χ0n) is 9.84. The van der Waals surface area contributed by atoms with Crippen LogP contribution in [0.25, 0.3) is 0 Å². The number of halogens is 2. The number of rotatable bonds is 2. The van der Waals surface area contributed by atoms with Gasteiger partial charge in [0, 0.05) is 36.2 Å². The van der Waals surface area contributed by atoms with Crippen LogP contribution in [0.5, 0.6) is 0 Å². The highest BCUT2D eigenvalue weighted by Crippen LogP contribution is 2.13. The van der Waals surface area contributed by atoms with Crippen molar-refractivity contribution in [1.82, 2.24) is 9.91 Å². The van der Waals surface area contributed by atoms with E-state index in [1.165, 1.54) is 0 Å². The summed E-state index contributed by atoms with van der Waals surface area (Å²) in [6, 6.07) is 8.13. The molecule has 5 heteroatoms. The van der Waals surface area contributed by atoms with Crippen molar-refractivity contribution in [1.29, 1.82) is 0 Å². The summed E-state index contributed by atoms with van der Waals surface area (Å²) in [6.07, 6.45) is 1.93. The number of benzene rings is 1. The molecule has 1 fully saturated rings. The molecule has 0 saturated carbocycles. The molecule has 3 nitrogen and oxygen atoms in total. The Bertz CT molecular complexity index is 376. The molecule has 0 aromatic heterocycles. The summed E-state index contributed by atoms with van der Waals surface area (Å²) in [5, 5.41) is 6.62. The number of hydrogen-bond acceptors (Lipinski definition) is 3. The molecule has 17 heavy (non-hydrogen) atoms. The molecule has 94 valence electrons. The largest absolute Gasteiger partial charge is 0.303 e. The van der Waals surface area contributed by atoms with Crippen LogP contribution in [0.15, 0.2) is 33.8 Å². The highest BCUT2D eigenvalue weighted by molar-refractivity contribution is 9.10. The molecule has 0 aliphatic carbocycles. The summed E-state index contributed by atoms with van der Waals surface area (Å²) in [7, 11) is 2.15. The van der Waals surface area contributed by atoms with Gasteiger partial charge in [-0.25, -0.2) is 0 Å². The second-order valence-corrected chi connectivity index (χ2v) is 4.88. The zero-order valence-corrected chi connectivity index (χ0v) is 12.2. The van der Waals surface area contributed by atoms with E-state index in [1.54, 1.807) is 0 Å². The molecule has 0 spiro atoms. The van der Waals surface area contributed by atoms with Crippen molar-refractivity contribution in [3.63, 3.8) is 0 Å². The van der Waals surface area contributed by atoms with Gasteiger partial charge < -0.3 is 4.90 Å². The maximum atomic E-state index is 4.50. The Morgan fingerprint density at radius 1 is 1.18 bits per heavy atom. The van der Waals surface area contributed by atoms with E-state index in [-0.39, 0.29) is 12.4 Å². The molecule has 1 heterocycles. The molecule has 1 aromatic rings. The Hall–Kier alpha value is -0.580. The Kier molecular flexibility index (Phi) is 5.95. The summed E-state index contributed by atoms with van der Waals surface area (Å²) >= 11 is 3.51. The third-order valence-corrected chi connectivity index (χ3v) is 3.47. The van der Waals surface area contributed by atoms with Gasteiger partial charge in [-0.2, -0.15) is 5.10 Å². The van der Waals surface area contributed by atoms with E-state index in [0.29, 0.717) is 0 Å². The number of hydrogen-bond donors (Lipinski definition) is 0. The molecule has 1 aliphatic rings. The van der Waals surface area contributed by atoms with Crippen LogP contribution in [0.3, 0.4) is 0 Å². The predicted octanol–water partition coefficient (Wildman–Crippen LogP) is 2.45. The van der Waals surface area contributed by atoms with Crippen LogP contribution >= 0.6 is 28.3 Å². The number of nitrogens with zero attached hydrogens (tertiary/aromatic N) is 3. The van der Waals surface area contributed by atoms with Crippen LogP contribution in [-0.2, 0) is 0 Å². The fraction of sp³-hybridized carbons (Fsp3) is 0.417. The van der Waals surface area contributed by atoms with Crippen molar-refractivity contribution >= 4 is 34.6 Å². The van der Waals surface area contributed by atoms with Crippen molar-refractivity contribution in [3.05, 3.63) is 34.3 Å². The molecule has 0 bridgehead atoms. The maximum absolute atomic E-state index is 4.50. The van der Waals surface area contributed by atoms with Crippen LogP contribution in [0.1, 0.15) is 5.56 Å². The Morgan fingerprint density at radius 3 is 2.47 bits per heavy atom. The molecule has 0 atom stereocenters. The third-order valence-electron chi connectivity index (χ3n) is 2.75. The van der Waals surface area contributed by atoms with Crippen LogP contribution < -0.4 is 0 Å². The summed E-state index contributed by atoms with van der Waals surface area (Å²) < 4.78 is 1.09. The van der Waals surface area contributed by atoms with Gasteiger partial charge in [0.1, 0.15) is 0 Å². The van der Waals surface area contributed by atoms with Crippen molar-refractivity contribution in [3.8, 4) is 0 Å². The summed E-state index contributed by atoms with van der Waals surface area (Å²) in [5.74, 6) is 0. The Morgan fingerprint density at radius 2 is 1.82 bits per heavy atom. The quantitative estimate of drug-likeness (QED) is 0.780. The molecule has 2 rings (SSSR count). The van der Waals surface area contributed by atoms with Crippen molar-refractivity contribution < 1.29 is 0 Å². The van der Waals surface area contributed by atoms with Gasteiger partial charge in [-0.05, 0) is 13.1 Å². The zero-order chi connectivity index (χ0) is 11.4. The van der Waals surface area contributed by atoms with Crippen LogP contribution in [-0.4, -0.2) is 49.4 Å². The van der Waals surface area contributed by atoms with E-state index < -0.39 is 0 Å². The first-order valence-corrected chi connectivity index (χ1v) is 6.27. The summed E-state index contributed by atoms with van der Waals surface area (Å²) in [5.41, 5.74) is 1.13. The smallest absolute Gasteiger partial charge is 0.0554 e. The highest BCUT2D eigenvalue weighted by atomic mass is 79.9. The number of hydrazone groups is 1. The second-order valence-electron chi connectivity index (χ2n) is 4.02. The first-order chi connectivity index (χ1) is 7.75. The molecule has 0 amide bonds. The molecule has 1 aliphatic heterocycles. The van der Waals surface area contributed by atoms with Crippen LogP contribution in [0.4, 0.5) is 0 Å². The SMILES string of the molecule is CN1CCN(/N=C/c2ccccc2Br)CC1.Cl. The van der Waals surface area contributed by atoms with E-state index in [0.717, 1.165) is 36.2 Å². The molecule has 1 aromatic carbocycles. The van der Waals surface area contributed by atoms with Crippen LogP contribution in [0.2, 0.25) is 0 Å². The number of likely N-dealkylation sites (N-methyl/N-ethyl adjacent to an activating group) is 1. The topological polar surface area (TPSA) is 18.8 Å². The van der Waals surface area contributed by atoms with Gasteiger partial charge in [0.15, 0.2) is 0 Å². The minimum absolute atomic E-state index is 0. The second kappa shape index (κ2) is 6.99. The fourth-order valence-electron chi connectivity index (χ4n) is 1.64.